The third kappa shape index (κ3) is 3.59. The third-order valence-corrected chi connectivity index (χ3v) is 6.14. The Morgan fingerprint density at radius 2 is 1.91 bits per heavy atom. The Morgan fingerprint density at radius 1 is 1.15 bits per heavy atom. The summed E-state index contributed by atoms with van der Waals surface area (Å²) in [5, 5.41) is 6.37. The Morgan fingerprint density at radius 3 is 2.64 bits per heavy atom. The molecule has 0 unspecified atom stereocenters. The van der Waals surface area contributed by atoms with Gasteiger partial charge in [-0.3, -0.25) is 9.48 Å². The number of piperazine rings is 1. The number of carbonyl (C=O) groups excluding carboxylic acids is 2. The third-order valence-electron chi connectivity index (χ3n) is 6.14. The molecule has 0 radical (unpaired) electrons. The summed E-state index contributed by atoms with van der Waals surface area (Å²) in [4.78, 5) is 37.5. The molecule has 1 aromatic carbocycles. The second kappa shape index (κ2) is 8.23. The van der Waals surface area contributed by atoms with Crippen LogP contribution in [0.4, 0.5) is 5.69 Å². The SMILES string of the molecule is CCOC(=O)c1cnc2c(c(C)nn2C)c1N1CCN(C(=O)c2cc3ccccc3[nH]2)CC1. The van der Waals surface area contributed by atoms with Crippen LogP contribution >= 0.6 is 0 Å². The van der Waals surface area contributed by atoms with Crippen LogP contribution in [0.1, 0.15) is 33.5 Å². The molecule has 4 aromatic rings. The normalized spacial score (nSPS) is 14.3. The topological polar surface area (TPSA) is 96.3 Å². The smallest absolute Gasteiger partial charge is 0.341 e. The lowest BCUT2D eigenvalue weighted by atomic mass is 10.1. The van der Waals surface area contributed by atoms with Crippen LogP contribution in [0.25, 0.3) is 21.9 Å². The maximum absolute atomic E-state index is 13.1. The van der Waals surface area contributed by atoms with Crippen molar-refractivity contribution in [3.05, 3.63) is 53.5 Å². The van der Waals surface area contributed by atoms with E-state index in [-0.39, 0.29) is 12.5 Å². The monoisotopic (exact) mass is 446 g/mol. The minimum Gasteiger partial charge on any atom is -0.462 e. The highest BCUT2D eigenvalue weighted by molar-refractivity contribution is 6.05. The van der Waals surface area contributed by atoms with Gasteiger partial charge in [0.1, 0.15) is 11.3 Å². The fourth-order valence-corrected chi connectivity index (χ4v) is 4.57. The molecule has 1 N–H and O–H groups in total. The number of aryl methyl sites for hydroxylation is 2. The number of fused-ring (bicyclic) bond motifs is 2. The number of para-hydroxylation sites is 1. The Labute approximate surface area is 190 Å². The molecule has 4 heterocycles. The van der Waals surface area contributed by atoms with E-state index >= 15 is 0 Å². The molecule has 1 aliphatic rings. The van der Waals surface area contributed by atoms with Gasteiger partial charge in [-0.1, -0.05) is 18.2 Å². The largest absolute Gasteiger partial charge is 0.462 e. The van der Waals surface area contributed by atoms with Crippen molar-refractivity contribution in [3.63, 3.8) is 0 Å². The molecule has 0 saturated carbocycles. The number of hydrogen-bond acceptors (Lipinski definition) is 6. The van der Waals surface area contributed by atoms with Gasteiger partial charge in [0.15, 0.2) is 5.65 Å². The number of aromatic nitrogens is 4. The average Bonchev–Trinajstić information content (AvgIpc) is 3.39. The molecule has 0 aliphatic carbocycles. The molecule has 1 amide bonds. The van der Waals surface area contributed by atoms with Gasteiger partial charge < -0.3 is 19.5 Å². The van der Waals surface area contributed by atoms with Gasteiger partial charge >= 0.3 is 5.97 Å². The lowest BCUT2D eigenvalue weighted by Crippen LogP contribution is -2.49. The molecule has 3 aromatic heterocycles. The van der Waals surface area contributed by atoms with Gasteiger partial charge in [0.25, 0.3) is 5.91 Å². The predicted molar refractivity (Wildman–Crippen MR) is 126 cm³/mol. The molecular weight excluding hydrogens is 420 g/mol. The summed E-state index contributed by atoms with van der Waals surface area (Å²) < 4.78 is 7.02. The van der Waals surface area contributed by atoms with Crippen molar-refractivity contribution in [2.24, 2.45) is 7.05 Å². The van der Waals surface area contributed by atoms with Crippen molar-refractivity contribution >= 4 is 39.5 Å². The molecule has 33 heavy (non-hydrogen) atoms. The zero-order chi connectivity index (χ0) is 23.1. The highest BCUT2D eigenvalue weighted by Gasteiger charge is 2.29. The molecule has 170 valence electrons. The lowest BCUT2D eigenvalue weighted by Gasteiger charge is -2.36. The molecule has 5 rings (SSSR count). The molecule has 0 spiro atoms. The second-order valence-corrected chi connectivity index (χ2v) is 8.20. The number of rotatable bonds is 4. The minimum absolute atomic E-state index is 0.0195. The van der Waals surface area contributed by atoms with Crippen LogP contribution in [0.5, 0.6) is 0 Å². The number of aromatic amines is 1. The number of hydrogen-bond donors (Lipinski definition) is 1. The van der Waals surface area contributed by atoms with Crippen LogP contribution in [-0.2, 0) is 11.8 Å². The molecule has 9 heteroatoms. The number of amides is 1. The summed E-state index contributed by atoms with van der Waals surface area (Å²) in [6.45, 7) is 6.25. The first-order chi connectivity index (χ1) is 16.0. The maximum atomic E-state index is 13.1. The first-order valence-corrected chi connectivity index (χ1v) is 11.1. The number of benzene rings is 1. The van der Waals surface area contributed by atoms with E-state index < -0.39 is 5.97 Å². The summed E-state index contributed by atoms with van der Waals surface area (Å²) in [5.74, 6) is -0.421. The van der Waals surface area contributed by atoms with Crippen molar-refractivity contribution < 1.29 is 14.3 Å². The fourth-order valence-electron chi connectivity index (χ4n) is 4.57. The summed E-state index contributed by atoms with van der Waals surface area (Å²) in [6.07, 6.45) is 1.57. The van der Waals surface area contributed by atoms with E-state index in [0.29, 0.717) is 43.1 Å². The molecule has 9 nitrogen and oxygen atoms in total. The van der Waals surface area contributed by atoms with Crippen molar-refractivity contribution in [3.8, 4) is 0 Å². The number of H-pyrrole nitrogens is 1. The van der Waals surface area contributed by atoms with Crippen molar-refractivity contribution in [2.75, 3.05) is 37.7 Å². The first-order valence-electron chi connectivity index (χ1n) is 11.1. The van der Waals surface area contributed by atoms with Crippen LogP contribution in [0, 0.1) is 6.92 Å². The van der Waals surface area contributed by atoms with Crippen LogP contribution in [0.2, 0.25) is 0 Å². The number of esters is 1. The van der Waals surface area contributed by atoms with Gasteiger partial charge in [0.05, 0.1) is 23.4 Å². The average molecular weight is 447 g/mol. The number of pyridine rings is 1. The van der Waals surface area contributed by atoms with Crippen molar-refractivity contribution in [1.82, 2.24) is 24.6 Å². The first kappa shape index (κ1) is 21.0. The zero-order valence-corrected chi connectivity index (χ0v) is 19.0. The summed E-state index contributed by atoms with van der Waals surface area (Å²) in [7, 11) is 1.84. The van der Waals surface area contributed by atoms with Gasteiger partial charge in [0.2, 0.25) is 0 Å². The van der Waals surface area contributed by atoms with E-state index in [1.807, 2.05) is 49.2 Å². The molecule has 0 bridgehead atoms. The van der Waals surface area contributed by atoms with E-state index in [1.165, 1.54) is 0 Å². The van der Waals surface area contributed by atoms with Gasteiger partial charge in [-0.15, -0.1) is 0 Å². The lowest BCUT2D eigenvalue weighted by molar-refractivity contribution is 0.0525. The van der Waals surface area contributed by atoms with E-state index in [0.717, 1.165) is 27.7 Å². The Bertz CT molecular complexity index is 1330. The van der Waals surface area contributed by atoms with E-state index in [2.05, 4.69) is 20.0 Å². The highest BCUT2D eigenvalue weighted by Crippen LogP contribution is 2.33. The Balaban J connectivity index is 1.43. The second-order valence-electron chi connectivity index (χ2n) is 8.20. The number of carbonyl (C=O) groups is 2. The zero-order valence-electron chi connectivity index (χ0n) is 19.0. The van der Waals surface area contributed by atoms with E-state index in [1.54, 1.807) is 17.8 Å². The van der Waals surface area contributed by atoms with Gasteiger partial charge in [-0.05, 0) is 26.0 Å². The number of nitrogens with zero attached hydrogens (tertiary/aromatic N) is 5. The number of ether oxygens (including phenoxy) is 1. The molecule has 1 fully saturated rings. The summed E-state index contributed by atoms with van der Waals surface area (Å²) >= 11 is 0. The van der Waals surface area contributed by atoms with Crippen molar-refractivity contribution in [2.45, 2.75) is 13.8 Å². The molecular formula is C24H26N6O3. The molecule has 1 saturated heterocycles. The van der Waals surface area contributed by atoms with Crippen LogP contribution in [-0.4, -0.2) is 69.3 Å². The molecule has 1 aliphatic heterocycles. The summed E-state index contributed by atoms with van der Waals surface area (Å²) in [6, 6.07) is 9.76. The molecule has 0 atom stereocenters. The maximum Gasteiger partial charge on any atom is 0.341 e. The van der Waals surface area contributed by atoms with Crippen LogP contribution in [0.15, 0.2) is 36.5 Å². The van der Waals surface area contributed by atoms with Crippen LogP contribution < -0.4 is 4.90 Å². The predicted octanol–water partition coefficient (Wildman–Crippen LogP) is 2.90. The minimum atomic E-state index is -0.401. The van der Waals surface area contributed by atoms with Gasteiger partial charge in [-0.2, -0.15) is 5.10 Å². The van der Waals surface area contributed by atoms with Crippen molar-refractivity contribution in [1.29, 1.82) is 0 Å². The van der Waals surface area contributed by atoms with E-state index in [9.17, 15) is 9.59 Å². The Hall–Kier alpha value is -3.88. The van der Waals surface area contributed by atoms with Crippen LogP contribution in [0.3, 0.4) is 0 Å². The number of anilines is 1. The van der Waals surface area contributed by atoms with Gasteiger partial charge in [-0.25, -0.2) is 9.78 Å². The number of nitrogens with one attached hydrogen (secondary N) is 1. The summed E-state index contributed by atoms with van der Waals surface area (Å²) in [5.41, 5.74) is 4.26. The highest BCUT2D eigenvalue weighted by atomic mass is 16.5. The standard InChI is InChI=1S/C24H26N6O3/c1-4-33-24(32)17-14-25-22-20(15(2)27-28(22)3)21(17)29-9-11-30(12-10-29)23(31)19-13-16-7-5-6-8-18(16)26-19/h5-8,13-14,26H,4,9-12H2,1-3H3. The fraction of sp³-hybridized carbons (Fsp3) is 0.333. The van der Waals surface area contributed by atoms with E-state index in [4.69, 9.17) is 4.74 Å². The van der Waals surface area contributed by atoms with Gasteiger partial charge in [0, 0.05) is 50.3 Å². The Kier molecular flexibility index (Phi) is 5.24. The quantitative estimate of drug-likeness (QED) is 0.484.